The molecule has 5 heteroatoms. The van der Waals surface area contributed by atoms with E-state index in [-0.39, 0.29) is 5.56 Å². The quantitative estimate of drug-likeness (QED) is 0.888. The van der Waals surface area contributed by atoms with E-state index in [1.165, 1.54) is 6.92 Å². The minimum absolute atomic E-state index is 0.156. The van der Waals surface area contributed by atoms with E-state index in [1.54, 1.807) is 0 Å². The predicted molar refractivity (Wildman–Crippen MR) is 76.2 cm³/mol. The van der Waals surface area contributed by atoms with Gasteiger partial charge in [0.05, 0.1) is 0 Å². The summed E-state index contributed by atoms with van der Waals surface area (Å²) in [6, 6.07) is 12.3. The van der Waals surface area contributed by atoms with E-state index in [1.807, 2.05) is 30.3 Å². The molecule has 2 rings (SSSR count). The molecule has 2 aromatic rings. The Kier molecular flexibility index (Phi) is 4.33. The van der Waals surface area contributed by atoms with Gasteiger partial charge in [-0.15, -0.1) is 0 Å². The molecule has 0 spiro atoms. The number of halogens is 2. The summed E-state index contributed by atoms with van der Waals surface area (Å²) >= 11 is 0. The molecule has 3 N–H and O–H groups in total. The Morgan fingerprint density at radius 1 is 1.14 bits per heavy atom. The molecule has 0 bridgehead atoms. The minimum Gasteiger partial charge on any atom is -0.368 e. The van der Waals surface area contributed by atoms with Crippen LogP contribution in [0.4, 0.5) is 8.78 Å². The van der Waals surface area contributed by atoms with Gasteiger partial charge in [-0.1, -0.05) is 30.3 Å². The van der Waals surface area contributed by atoms with Crippen LogP contribution in [0.1, 0.15) is 18.1 Å². The van der Waals surface area contributed by atoms with Gasteiger partial charge in [-0.25, -0.2) is 8.78 Å². The first-order valence-corrected chi connectivity index (χ1v) is 6.47. The van der Waals surface area contributed by atoms with Crippen molar-refractivity contribution in [2.24, 2.45) is 5.73 Å². The lowest BCUT2D eigenvalue weighted by Gasteiger charge is -2.28. The molecular weight excluding hydrogens is 274 g/mol. The highest BCUT2D eigenvalue weighted by Crippen LogP contribution is 2.23. The van der Waals surface area contributed by atoms with Crippen molar-refractivity contribution in [2.45, 2.75) is 19.0 Å². The summed E-state index contributed by atoms with van der Waals surface area (Å²) in [6.45, 7) is 1.85. The average Bonchev–Trinajstić information content (AvgIpc) is 2.44. The maximum absolute atomic E-state index is 13.4. The van der Waals surface area contributed by atoms with Gasteiger partial charge in [-0.2, -0.15) is 0 Å². The maximum atomic E-state index is 13.4. The van der Waals surface area contributed by atoms with E-state index in [9.17, 15) is 13.6 Å². The van der Waals surface area contributed by atoms with E-state index in [2.05, 4.69) is 5.32 Å². The monoisotopic (exact) mass is 290 g/mol. The van der Waals surface area contributed by atoms with E-state index in [0.29, 0.717) is 6.54 Å². The normalized spacial score (nSPS) is 13.7. The van der Waals surface area contributed by atoms with Crippen molar-refractivity contribution in [3.63, 3.8) is 0 Å². The van der Waals surface area contributed by atoms with Gasteiger partial charge < -0.3 is 5.73 Å². The van der Waals surface area contributed by atoms with Crippen LogP contribution in [0.15, 0.2) is 48.5 Å². The number of amides is 1. The third kappa shape index (κ3) is 3.44. The lowest BCUT2D eigenvalue weighted by molar-refractivity contribution is -0.124. The average molecular weight is 290 g/mol. The van der Waals surface area contributed by atoms with Crippen molar-refractivity contribution in [2.75, 3.05) is 0 Å². The molecule has 0 aliphatic heterocycles. The lowest BCUT2D eigenvalue weighted by atomic mass is 9.90. The van der Waals surface area contributed by atoms with Crippen molar-refractivity contribution in [1.82, 2.24) is 5.32 Å². The summed E-state index contributed by atoms with van der Waals surface area (Å²) in [6.07, 6.45) is 0. The summed E-state index contributed by atoms with van der Waals surface area (Å²) in [5.41, 5.74) is 5.15. The third-order valence-corrected chi connectivity index (χ3v) is 3.42. The van der Waals surface area contributed by atoms with Gasteiger partial charge >= 0.3 is 0 Å². The molecule has 0 aromatic heterocycles. The number of rotatable bonds is 5. The van der Waals surface area contributed by atoms with Crippen LogP contribution in [0.5, 0.6) is 0 Å². The van der Waals surface area contributed by atoms with Crippen LogP contribution in [0, 0.1) is 11.6 Å². The van der Waals surface area contributed by atoms with Crippen LogP contribution >= 0.6 is 0 Å². The van der Waals surface area contributed by atoms with Crippen LogP contribution in [-0.4, -0.2) is 5.91 Å². The van der Waals surface area contributed by atoms with Gasteiger partial charge in [-0.3, -0.25) is 10.1 Å². The number of hydrogen-bond acceptors (Lipinski definition) is 2. The smallest absolute Gasteiger partial charge is 0.242 e. The molecule has 1 unspecified atom stereocenters. The summed E-state index contributed by atoms with van der Waals surface area (Å²) in [5.74, 6) is -2.21. The Bertz CT molecular complexity index is 626. The molecule has 0 aliphatic carbocycles. The molecule has 0 saturated carbocycles. The molecule has 3 nitrogen and oxygen atoms in total. The number of benzene rings is 2. The largest absolute Gasteiger partial charge is 0.368 e. The fourth-order valence-electron chi connectivity index (χ4n) is 2.05. The van der Waals surface area contributed by atoms with E-state index < -0.39 is 23.1 Å². The Morgan fingerprint density at radius 3 is 2.24 bits per heavy atom. The Balaban J connectivity index is 2.30. The van der Waals surface area contributed by atoms with E-state index in [4.69, 9.17) is 5.73 Å². The van der Waals surface area contributed by atoms with Crippen molar-refractivity contribution in [1.29, 1.82) is 0 Å². The highest BCUT2D eigenvalue weighted by molar-refractivity contribution is 5.85. The van der Waals surface area contributed by atoms with Gasteiger partial charge in [0.25, 0.3) is 0 Å². The molecule has 1 atom stereocenters. The number of nitrogens with two attached hydrogens (primary N) is 1. The molecule has 0 heterocycles. The van der Waals surface area contributed by atoms with Crippen LogP contribution in [0.3, 0.4) is 0 Å². The number of carbonyl (C=O) groups is 1. The fraction of sp³-hybridized carbons (Fsp3) is 0.188. The highest BCUT2D eigenvalue weighted by Gasteiger charge is 2.33. The highest BCUT2D eigenvalue weighted by atomic mass is 19.1. The van der Waals surface area contributed by atoms with Gasteiger partial charge in [0.15, 0.2) is 0 Å². The molecule has 0 radical (unpaired) electrons. The molecule has 2 aromatic carbocycles. The second-order valence-corrected chi connectivity index (χ2v) is 4.99. The Morgan fingerprint density at radius 2 is 1.71 bits per heavy atom. The molecule has 0 aliphatic rings. The molecule has 110 valence electrons. The minimum atomic E-state index is -1.36. The fourth-order valence-corrected chi connectivity index (χ4v) is 2.05. The standard InChI is InChI=1S/C16H16F2N2O/c1-16(15(19)21,12-7-13(17)9-14(18)8-12)20-10-11-5-3-2-4-6-11/h2-9,20H,10H2,1H3,(H2,19,21). The second-order valence-electron chi connectivity index (χ2n) is 4.99. The lowest BCUT2D eigenvalue weighted by Crippen LogP contribution is -2.50. The summed E-state index contributed by atoms with van der Waals surface area (Å²) in [7, 11) is 0. The first-order valence-electron chi connectivity index (χ1n) is 6.47. The van der Waals surface area contributed by atoms with E-state index in [0.717, 1.165) is 23.8 Å². The number of hydrogen-bond donors (Lipinski definition) is 2. The van der Waals surface area contributed by atoms with Crippen LogP contribution in [-0.2, 0) is 16.9 Å². The Hall–Kier alpha value is -2.27. The summed E-state index contributed by atoms with van der Waals surface area (Å²) in [5, 5.41) is 2.97. The molecule has 0 fully saturated rings. The SMILES string of the molecule is CC(NCc1ccccc1)(C(N)=O)c1cc(F)cc(F)c1. The zero-order chi connectivity index (χ0) is 15.5. The summed E-state index contributed by atoms with van der Waals surface area (Å²) in [4.78, 5) is 11.8. The van der Waals surface area contributed by atoms with Crippen molar-refractivity contribution in [3.05, 3.63) is 71.3 Å². The van der Waals surface area contributed by atoms with Crippen molar-refractivity contribution >= 4 is 5.91 Å². The Labute approximate surface area is 121 Å². The van der Waals surface area contributed by atoms with Crippen molar-refractivity contribution in [3.8, 4) is 0 Å². The topological polar surface area (TPSA) is 55.1 Å². The predicted octanol–water partition coefficient (Wildman–Crippen LogP) is 2.46. The second kappa shape index (κ2) is 6.01. The number of nitrogens with one attached hydrogen (secondary N) is 1. The van der Waals surface area contributed by atoms with E-state index >= 15 is 0 Å². The van der Waals surface area contributed by atoms with Gasteiger partial charge in [0, 0.05) is 12.6 Å². The van der Waals surface area contributed by atoms with Gasteiger partial charge in [-0.05, 0) is 30.2 Å². The first kappa shape index (κ1) is 15.1. The molecule has 0 saturated heterocycles. The van der Waals surface area contributed by atoms with Crippen LogP contribution < -0.4 is 11.1 Å². The maximum Gasteiger partial charge on any atom is 0.242 e. The van der Waals surface area contributed by atoms with Gasteiger partial charge in [0.2, 0.25) is 5.91 Å². The number of carbonyl (C=O) groups excluding carboxylic acids is 1. The molecule has 21 heavy (non-hydrogen) atoms. The zero-order valence-corrected chi connectivity index (χ0v) is 11.6. The first-order chi connectivity index (χ1) is 9.91. The van der Waals surface area contributed by atoms with Gasteiger partial charge in [0.1, 0.15) is 17.2 Å². The zero-order valence-electron chi connectivity index (χ0n) is 11.6. The van der Waals surface area contributed by atoms with Crippen LogP contribution in [0.25, 0.3) is 0 Å². The summed E-state index contributed by atoms with van der Waals surface area (Å²) < 4.78 is 26.7. The van der Waals surface area contributed by atoms with Crippen molar-refractivity contribution < 1.29 is 13.6 Å². The molecule has 1 amide bonds. The third-order valence-electron chi connectivity index (χ3n) is 3.42. The number of primary amides is 1. The molecular formula is C16H16F2N2O. The van der Waals surface area contributed by atoms with Crippen LogP contribution in [0.2, 0.25) is 0 Å².